The Labute approximate surface area is 167 Å². The number of hydrogen-bond donors (Lipinski definition) is 2. The molecule has 9 heteroatoms. The molecular formula is C20H21F3N2O3S. The Hall–Kier alpha value is -2.55. The van der Waals surface area contributed by atoms with Crippen molar-refractivity contribution in [1.29, 1.82) is 0 Å². The summed E-state index contributed by atoms with van der Waals surface area (Å²) in [6.45, 7) is 1.56. The van der Waals surface area contributed by atoms with E-state index in [0.717, 1.165) is 43.9 Å². The molecule has 0 aliphatic heterocycles. The van der Waals surface area contributed by atoms with E-state index in [-0.39, 0.29) is 22.4 Å². The fourth-order valence-corrected chi connectivity index (χ4v) is 4.71. The molecule has 0 atom stereocenters. The maximum atomic E-state index is 12.8. The Morgan fingerprint density at radius 1 is 1.03 bits per heavy atom. The highest BCUT2D eigenvalue weighted by Gasteiger charge is 2.31. The first-order valence-electron chi connectivity index (χ1n) is 9.18. The van der Waals surface area contributed by atoms with Crippen LogP contribution < -0.4 is 10.0 Å². The van der Waals surface area contributed by atoms with Crippen LogP contribution in [0.4, 0.5) is 24.5 Å². The van der Waals surface area contributed by atoms with Crippen molar-refractivity contribution in [2.45, 2.75) is 43.7 Å². The minimum Gasteiger partial charge on any atom is -0.326 e. The van der Waals surface area contributed by atoms with Crippen molar-refractivity contribution in [3.8, 4) is 0 Å². The SMILES string of the molecule is Cc1cc(NC(=O)C2CCCC2)ccc1S(=O)(=O)Nc1cccc(C(F)(F)F)c1. The average molecular weight is 426 g/mol. The number of carbonyl (C=O) groups is 1. The van der Waals surface area contributed by atoms with Gasteiger partial charge in [0, 0.05) is 17.3 Å². The fraction of sp³-hybridized carbons (Fsp3) is 0.350. The molecule has 1 saturated carbocycles. The van der Waals surface area contributed by atoms with Gasteiger partial charge in [-0.05, 0) is 61.7 Å². The third-order valence-corrected chi connectivity index (χ3v) is 6.44. The second-order valence-electron chi connectivity index (χ2n) is 7.13. The molecule has 0 radical (unpaired) electrons. The number of carbonyl (C=O) groups excluding carboxylic acids is 1. The lowest BCUT2D eigenvalue weighted by molar-refractivity contribution is -0.137. The zero-order chi connectivity index (χ0) is 21.2. The standard InChI is InChI=1S/C20H21F3N2O3S/c1-13-11-16(24-19(26)14-5-2-3-6-14)9-10-18(13)29(27,28)25-17-8-4-7-15(12-17)20(21,22)23/h4,7-12,14,25H,2-3,5-6H2,1H3,(H,24,26). The monoisotopic (exact) mass is 426 g/mol. The molecule has 0 heterocycles. The van der Waals surface area contributed by atoms with Gasteiger partial charge in [0.2, 0.25) is 5.91 Å². The smallest absolute Gasteiger partial charge is 0.326 e. The van der Waals surface area contributed by atoms with Gasteiger partial charge in [-0.3, -0.25) is 9.52 Å². The summed E-state index contributed by atoms with van der Waals surface area (Å²) in [5, 5.41) is 2.80. The minimum absolute atomic E-state index is 0.0266. The lowest BCUT2D eigenvalue weighted by atomic mass is 10.1. The van der Waals surface area contributed by atoms with Gasteiger partial charge in [0.1, 0.15) is 0 Å². The summed E-state index contributed by atoms with van der Waals surface area (Å²) in [6, 6.07) is 8.32. The predicted molar refractivity (Wildman–Crippen MR) is 104 cm³/mol. The Morgan fingerprint density at radius 2 is 1.72 bits per heavy atom. The first kappa shape index (κ1) is 21.2. The van der Waals surface area contributed by atoms with Crippen LogP contribution in [-0.4, -0.2) is 14.3 Å². The largest absolute Gasteiger partial charge is 0.416 e. The molecule has 2 aromatic rings. The number of benzene rings is 2. The van der Waals surface area contributed by atoms with Crippen LogP contribution >= 0.6 is 0 Å². The van der Waals surface area contributed by atoms with Crippen LogP contribution in [0, 0.1) is 12.8 Å². The third-order valence-electron chi connectivity index (χ3n) is 4.90. The summed E-state index contributed by atoms with van der Waals surface area (Å²) in [7, 11) is -4.10. The fourth-order valence-electron chi connectivity index (χ4n) is 3.43. The third kappa shape index (κ3) is 5.09. The second kappa shape index (κ2) is 8.06. The number of sulfonamides is 1. The highest BCUT2D eigenvalue weighted by Crippen LogP contribution is 2.32. The second-order valence-corrected chi connectivity index (χ2v) is 8.79. The predicted octanol–water partition coefficient (Wildman–Crippen LogP) is 4.94. The number of anilines is 2. The van der Waals surface area contributed by atoms with Gasteiger partial charge >= 0.3 is 6.18 Å². The number of amides is 1. The lowest BCUT2D eigenvalue weighted by Gasteiger charge is -2.14. The van der Waals surface area contributed by atoms with E-state index in [9.17, 15) is 26.4 Å². The van der Waals surface area contributed by atoms with Gasteiger partial charge in [-0.15, -0.1) is 0 Å². The molecule has 0 bridgehead atoms. The Morgan fingerprint density at radius 3 is 2.34 bits per heavy atom. The van der Waals surface area contributed by atoms with Crippen LogP contribution in [0.3, 0.4) is 0 Å². The summed E-state index contributed by atoms with van der Waals surface area (Å²) >= 11 is 0. The molecule has 0 unspecified atom stereocenters. The molecule has 1 fully saturated rings. The highest BCUT2D eigenvalue weighted by molar-refractivity contribution is 7.92. The van der Waals surface area contributed by atoms with E-state index in [1.165, 1.54) is 24.3 Å². The quantitative estimate of drug-likeness (QED) is 0.711. The van der Waals surface area contributed by atoms with Gasteiger partial charge in [-0.1, -0.05) is 18.9 Å². The van der Waals surface area contributed by atoms with Gasteiger partial charge in [0.15, 0.2) is 0 Å². The van der Waals surface area contributed by atoms with E-state index in [1.807, 2.05) is 0 Å². The molecule has 1 amide bonds. The molecule has 156 valence electrons. The number of aryl methyl sites for hydroxylation is 1. The van der Waals surface area contributed by atoms with E-state index >= 15 is 0 Å². The van der Waals surface area contributed by atoms with Crippen molar-refractivity contribution in [3.05, 3.63) is 53.6 Å². The zero-order valence-corrected chi connectivity index (χ0v) is 16.5. The molecule has 29 heavy (non-hydrogen) atoms. The van der Waals surface area contributed by atoms with Gasteiger partial charge in [-0.2, -0.15) is 13.2 Å². The number of nitrogens with one attached hydrogen (secondary N) is 2. The number of alkyl halides is 3. The van der Waals surface area contributed by atoms with Gasteiger partial charge < -0.3 is 5.32 Å². The van der Waals surface area contributed by atoms with E-state index < -0.39 is 21.8 Å². The normalized spacial score (nSPS) is 15.3. The number of halogens is 3. The van der Waals surface area contributed by atoms with E-state index in [2.05, 4.69) is 10.0 Å². The average Bonchev–Trinajstić information content (AvgIpc) is 3.15. The summed E-state index contributed by atoms with van der Waals surface area (Å²) < 4.78 is 66.0. The van der Waals surface area contributed by atoms with Crippen molar-refractivity contribution >= 4 is 27.3 Å². The van der Waals surface area contributed by atoms with Crippen molar-refractivity contribution in [3.63, 3.8) is 0 Å². The van der Waals surface area contributed by atoms with Gasteiger partial charge in [-0.25, -0.2) is 8.42 Å². The molecule has 0 aromatic heterocycles. The van der Waals surface area contributed by atoms with Crippen LogP contribution in [-0.2, 0) is 21.0 Å². The van der Waals surface area contributed by atoms with Crippen LogP contribution in [0.15, 0.2) is 47.4 Å². The highest BCUT2D eigenvalue weighted by atomic mass is 32.2. The maximum absolute atomic E-state index is 12.8. The van der Waals surface area contributed by atoms with Crippen LogP contribution in [0.2, 0.25) is 0 Å². The minimum atomic E-state index is -4.57. The van der Waals surface area contributed by atoms with Crippen molar-refractivity contribution in [2.75, 3.05) is 10.0 Å². The lowest BCUT2D eigenvalue weighted by Crippen LogP contribution is -2.20. The van der Waals surface area contributed by atoms with E-state index in [4.69, 9.17) is 0 Å². The Balaban J connectivity index is 1.78. The summed E-state index contributed by atoms with van der Waals surface area (Å²) in [4.78, 5) is 12.2. The Bertz CT molecular complexity index is 1010. The van der Waals surface area contributed by atoms with Crippen molar-refractivity contribution in [2.24, 2.45) is 5.92 Å². The summed E-state index contributed by atoms with van der Waals surface area (Å²) in [5.74, 6) is -0.110. The molecule has 1 aliphatic rings. The van der Waals surface area contributed by atoms with Crippen LogP contribution in [0.1, 0.15) is 36.8 Å². The van der Waals surface area contributed by atoms with Crippen LogP contribution in [0.5, 0.6) is 0 Å². The van der Waals surface area contributed by atoms with Gasteiger partial charge in [0.25, 0.3) is 10.0 Å². The zero-order valence-electron chi connectivity index (χ0n) is 15.7. The summed E-state index contributed by atoms with van der Waals surface area (Å²) in [6.07, 6.45) is -0.835. The molecule has 0 saturated heterocycles. The van der Waals surface area contributed by atoms with Gasteiger partial charge in [0.05, 0.1) is 10.5 Å². The molecule has 0 spiro atoms. The maximum Gasteiger partial charge on any atom is 0.416 e. The van der Waals surface area contributed by atoms with Crippen molar-refractivity contribution < 1.29 is 26.4 Å². The van der Waals surface area contributed by atoms with E-state index in [0.29, 0.717) is 11.3 Å². The Kier molecular flexibility index (Phi) is 5.88. The number of hydrogen-bond acceptors (Lipinski definition) is 3. The molecule has 3 rings (SSSR count). The first-order chi connectivity index (χ1) is 13.6. The first-order valence-corrected chi connectivity index (χ1v) is 10.7. The molecule has 1 aliphatic carbocycles. The molecular weight excluding hydrogens is 405 g/mol. The van der Waals surface area contributed by atoms with E-state index in [1.54, 1.807) is 6.92 Å². The number of rotatable bonds is 5. The summed E-state index contributed by atoms with van der Waals surface area (Å²) in [5.41, 5.74) is -0.275. The molecule has 2 aromatic carbocycles. The van der Waals surface area contributed by atoms with Crippen molar-refractivity contribution in [1.82, 2.24) is 0 Å². The molecule has 2 N–H and O–H groups in total. The van der Waals surface area contributed by atoms with Crippen LogP contribution in [0.25, 0.3) is 0 Å². The topological polar surface area (TPSA) is 75.3 Å². The molecule has 5 nitrogen and oxygen atoms in total.